The van der Waals surface area contributed by atoms with Crippen LogP contribution in [0, 0.1) is 0 Å². The van der Waals surface area contributed by atoms with Gasteiger partial charge in [-0.15, -0.1) is 0 Å². The van der Waals surface area contributed by atoms with Crippen molar-refractivity contribution in [1.82, 2.24) is 0 Å². The third-order valence-corrected chi connectivity index (χ3v) is 9.58. The predicted octanol–water partition coefficient (Wildman–Crippen LogP) is -6.64. The van der Waals surface area contributed by atoms with Gasteiger partial charge in [0.1, 0.15) is 67.1 Å². The van der Waals surface area contributed by atoms with Crippen LogP contribution in [0.2, 0.25) is 0 Å². The van der Waals surface area contributed by atoms with Crippen molar-refractivity contribution in [2.24, 2.45) is 28.7 Å². The molecule has 49 heavy (non-hydrogen) atoms. The van der Waals surface area contributed by atoms with Gasteiger partial charge in [0.05, 0.1) is 38.0 Å². The topological polar surface area (TPSA) is 336 Å². The van der Waals surface area contributed by atoms with Crippen molar-refractivity contribution in [3.8, 4) is 0 Å². The van der Waals surface area contributed by atoms with Crippen molar-refractivity contribution in [2.45, 2.75) is 129 Å². The molecule has 280 valence electrons. The van der Waals surface area contributed by atoms with Crippen LogP contribution in [-0.4, -0.2) is 172 Å². The lowest BCUT2D eigenvalue weighted by Crippen LogP contribution is -2.68. The van der Waals surface area contributed by atoms with Gasteiger partial charge in [0.2, 0.25) is 0 Å². The van der Waals surface area contributed by atoms with Gasteiger partial charge in [-0.2, -0.15) is 0 Å². The maximum absolute atomic E-state index is 11.2. The molecule has 0 aromatic heterocycles. The minimum atomic E-state index is -1.62. The van der Waals surface area contributed by atoms with Crippen LogP contribution < -0.4 is 28.7 Å². The van der Waals surface area contributed by atoms with Crippen LogP contribution in [0.5, 0.6) is 0 Å². The van der Waals surface area contributed by atoms with E-state index in [1.54, 1.807) is 0 Å². The smallest absolute Gasteiger partial charge is 0.187 e. The van der Waals surface area contributed by atoms with Crippen LogP contribution in [0.1, 0.15) is 12.0 Å². The summed E-state index contributed by atoms with van der Waals surface area (Å²) >= 11 is 0. The molecule has 3 saturated heterocycles. The summed E-state index contributed by atoms with van der Waals surface area (Å²) in [7, 11) is 0. The van der Waals surface area contributed by atoms with Gasteiger partial charge in [-0.3, -0.25) is 0 Å². The Morgan fingerprint density at radius 3 is 1.78 bits per heavy atom. The summed E-state index contributed by atoms with van der Waals surface area (Å²) < 4.78 is 41.2. The monoisotopic (exact) mass is 705 g/mol. The van der Waals surface area contributed by atoms with E-state index in [1.807, 2.05) is 30.3 Å². The fourth-order valence-corrected chi connectivity index (χ4v) is 6.66. The highest BCUT2D eigenvalue weighted by Crippen LogP contribution is 2.34. The molecule has 4 aliphatic rings. The Kier molecular flexibility index (Phi) is 13.3. The standard InChI is InChI=1S/C30H51N5O14/c31-7-14-20(39)21(40)17(34)28(44-14)48-26-16(9-37)46-30(23(26)42)49-27-19(38)12(32)6-13(33)24(27)47-29-18(35)22(41)25(15(8-36)45-29)43-10-11-4-2-1-3-5-11/h1-5,12-30,36-42H,6-10,31-35H2/t12-,13+,14+,15+,16+,17-,18+,19+,20-,21-,22+,23+,24-,25+,26+,27-,28-,29+,30-/m0/s1. The van der Waals surface area contributed by atoms with Crippen molar-refractivity contribution in [2.75, 3.05) is 19.8 Å². The molecule has 5 rings (SSSR count). The molecule has 1 aliphatic carbocycles. The van der Waals surface area contributed by atoms with Crippen molar-refractivity contribution >= 4 is 0 Å². The summed E-state index contributed by atoms with van der Waals surface area (Å²) in [5.41, 5.74) is 31.4. The average Bonchev–Trinajstić information content (AvgIpc) is 3.39. The molecule has 3 aliphatic heterocycles. The van der Waals surface area contributed by atoms with Crippen molar-refractivity contribution < 1.29 is 68.9 Å². The molecule has 3 heterocycles. The molecule has 19 atom stereocenters. The third-order valence-electron chi connectivity index (χ3n) is 9.58. The lowest BCUT2D eigenvalue weighted by Gasteiger charge is -2.47. The largest absolute Gasteiger partial charge is 0.394 e. The van der Waals surface area contributed by atoms with Gasteiger partial charge in [0.25, 0.3) is 0 Å². The highest BCUT2D eigenvalue weighted by Gasteiger charge is 2.54. The highest BCUT2D eigenvalue weighted by atomic mass is 16.8. The first-order chi connectivity index (χ1) is 23.4. The molecule has 1 saturated carbocycles. The predicted molar refractivity (Wildman–Crippen MR) is 165 cm³/mol. The Morgan fingerprint density at radius 2 is 1.14 bits per heavy atom. The Morgan fingerprint density at radius 1 is 0.592 bits per heavy atom. The zero-order valence-electron chi connectivity index (χ0n) is 26.8. The number of hydrogen-bond acceptors (Lipinski definition) is 19. The van der Waals surface area contributed by atoms with E-state index in [9.17, 15) is 35.7 Å². The van der Waals surface area contributed by atoms with Gasteiger partial charge in [0, 0.05) is 18.6 Å². The van der Waals surface area contributed by atoms with Gasteiger partial charge in [-0.05, 0) is 12.0 Å². The fraction of sp³-hybridized carbons (Fsp3) is 0.800. The Bertz CT molecular complexity index is 1160. The van der Waals surface area contributed by atoms with Crippen molar-refractivity contribution in [3.63, 3.8) is 0 Å². The second kappa shape index (κ2) is 16.9. The quantitative estimate of drug-likeness (QED) is 0.0961. The van der Waals surface area contributed by atoms with E-state index in [1.165, 1.54) is 0 Å². The van der Waals surface area contributed by atoms with Gasteiger partial charge >= 0.3 is 0 Å². The van der Waals surface area contributed by atoms with E-state index >= 15 is 0 Å². The Balaban J connectivity index is 1.28. The molecule has 19 nitrogen and oxygen atoms in total. The van der Waals surface area contributed by atoms with Gasteiger partial charge in [-0.25, -0.2) is 0 Å². The molecule has 19 heteroatoms. The van der Waals surface area contributed by atoms with Gasteiger partial charge in [-0.1, -0.05) is 30.3 Å². The number of rotatable bonds is 12. The Hall–Kier alpha value is -1.54. The molecule has 1 aromatic carbocycles. The fourth-order valence-electron chi connectivity index (χ4n) is 6.66. The van der Waals surface area contributed by atoms with Crippen LogP contribution in [0.3, 0.4) is 0 Å². The SMILES string of the molecule is NC[C@H]1O[C@@H](O[C@H]2[C@@H](O)[C@H](O[C@H]3[C@H](O)[C@@H](N)C[C@@H](N)[C@@H]3O[C@H]3O[C@H](CO)[C@@H](OCc4ccccc4)[C@H](O)[C@H]3N)O[C@@H]2CO)[C@@H](N)[C@H](O)[C@H]1O. The molecule has 17 N–H and O–H groups in total. The van der Waals surface area contributed by atoms with Crippen LogP contribution in [0.25, 0.3) is 0 Å². The summed E-state index contributed by atoms with van der Waals surface area (Å²) in [6, 6.07) is 4.99. The van der Waals surface area contributed by atoms with E-state index < -0.39 is 129 Å². The first kappa shape index (κ1) is 38.7. The number of ether oxygens (including phenoxy) is 7. The summed E-state index contributed by atoms with van der Waals surface area (Å²) in [4.78, 5) is 0. The number of nitrogens with two attached hydrogens (primary N) is 5. The first-order valence-electron chi connectivity index (χ1n) is 16.3. The minimum absolute atomic E-state index is 0.0783. The summed E-state index contributed by atoms with van der Waals surface area (Å²) in [5.74, 6) is 0. The third kappa shape index (κ3) is 8.26. The van der Waals surface area contributed by atoms with Crippen molar-refractivity contribution in [3.05, 3.63) is 35.9 Å². The molecule has 4 fully saturated rings. The lowest BCUT2D eigenvalue weighted by molar-refractivity contribution is -0.315. The maximum Gasteiger partial charge on any atom is 0.187 e. The van der Waals surface area contributed by atoms with Gasteiger partial charge < -0.3 is 97.6 Å². The zero-order valence-corrected chi connectivity index (χ0v) is 26.8. The number of hydrogen-bond donors (Lipinski definition) is 12. The number of aliphatic hydroxyl groups is 7. The maximum atomic E-state index is 11.2. The molecule has 0 radical (unpaired) electrons. The van der Waals surface area contributed by atoms with E-state index in [2.05, 4.69) is 0 Å². The molecular weight excluding hydrogens is 654 g/mol. The van der Waals surface area contributed by atoms with E-state index in [-0.39, 0.29) is 19.6 Å². The van der Waals surface area contributed by atoms with Crippen LogP contribution in [-0.2, 0) is 39.8 Å². The minimum Gasteiger partial charge on any atom is -0.394 e. The zero-order chi connectivity index (χ0) is 35.6. The Labute approximate surface area is 282 Å². The van der Waals surface area contributed by atoms with Crippen molar-refractivity contribution in [1.29, 1.82) is 0 Å². The molecule has 1 aromatic rings. The highest BCUT2D eigenvalue weighted by molar-refractivity contribution is 5.13. The molecule has 0 amide bonds. The molecule has 0 unspecified atom stereocenters. The van der Waals surface area contributed by atoms with E-state index in [0.29, 0.717) is 0 Å². The molecule has 0 bridgehead atoms. The summed E-state index contributed by atoms with van der Waals surface area (Å²) in [6.07, 6.45) is -19.6. The number of aliphatic hydroxyl groups excluding tert-OH is 7. The van der Waals surface area contributed by atoms with Crippen LogP contribution in [0.4, 0.5) is 0 Å². The van der Waals surface area contributed by atoms with E-state index in [4.69, 9.17) is 61.8 Å². The van der Waals surface area contributed by atoms with E-state index in [0.717, 1.165) is 5.56 Å². The summed E-state index contributed by atoms with van der Waals surface area (Å²) in [6.45, 7) is -1.25. The first-order valence-corrected chi connectivity index (χ1v) is 16.3. The van der Waals surface area contributed by atoms with Crippen LogP contribution in [0.15, 0.2) is 30.3 Å². The number of benzene rings is 1. The molecular formula is C30H51N5O14. The molecule has 0 spiro atoms. The van der Waals surface area contributed by atoms with Crippen LogP contribution >= 0.6 is 0 Å². The lowest BCUT2D eigenvalue weighted by atomic mass is 9.84. The normalized spacial score (nSPS) is 47.7. The summed E-state index contributed by atoms with van der Waals surface area (Å²) in [5, 5.41) is 74.2. The van der Waals surface area contributed by atoms with Gasteiger partial charge in [0.15, 0.2) is 18.9 Å². The second-order valence-corrected chi connectivity index (χ2v) is 13.0. The second-order valence-electron chi connectivity index (χ2n) is 13.0. The average molecular weight is 706 g/mol.